The SMILES string of the molecule is CCCCCCCCCCC(NC)c1ccc(Cl)cc1Br. The van der Waals surface area contributed by atoms with Gasteiger partial charge in [-0.2, -0.15) is 0 Å². The highest BCUT2D eigenvalue weighted by molar-refractivity contribution is 9.10. The van der Waals surface area contributed by atoms with E-state index < -0.39 is 0 Å². The highest BCUT2D eigenvalue weighted by Crippen LogP contribution is 2.29. The van der Waals surface area contributed by atoms with Crippen molar-refractivity contribution in [3.63, 3.8) is 0 Å². The van der Waals surface area contributed by atoms with Crippen LogP contribution in [-0.4, -0.2) is 7.05 Å². The maximum absolute atomic E-state index is 6.01. The molecule has 21 heavy (non-hydrogen) atoms. The van der Waals surface area contributed by atoms with Crippen molar-refractivity contribution < 1.29 is 0 Å². The average Bonchev–Trinajstić information content (AvgIpc) is 2.47. The Labute approximate surface area is 144 Å². The second-order valence-electron chi connectivity index (χ2n) is 5.77. The van der Waals surface area contributed by atoms with Crippen LogP contribution in [0.25, 0.3) is 0 Å². The first-order chi connectivity index (χ1) is 10.2. The summed E-state index contributed by atoms with van der Waals surface area (Å²) in [6.45, 7) is 2.27. The Morgan fingerprint density at radius 3 is 2.24 bits per heavy atom. The normalized spacial score (nSPS) is 12.6. The minimum Gasteiger partial charge on any atom is -0.313 e. The Balaban J connectivity index is 2.25. The largest absolute Gasteiger partial charge is 0.313 e. The molecular weight excluding hydrogens is 346 g/mol. The molecule has 1 unspecified atom stereocenters. The molecule has 0 radical (unpaired) electrons. The van der Waals surface area contributed by atoms with Crippen LogP contribution in [0.5, 0.6) is 0 Å². The molecule has 0 saturated carbocycles. The fourth-order valence-corrected chi connectivity index (χ4v) is 3.68. The molecule has 0 spiro atoms. The van der Waals surface area contributed by atoms with Gasteiger partial charge in [0.05, 0.1) is 0 Å². The van der Waals surface area contributed by atoms with Gasteiger partial charge in [0.2, 0.25) is 0 Å². The summed E-state index contributed by atoms with van der Waals surface area (Å²) < 4.78 is 1.11. The van der Waals surface area contributed by atoms with Crippen molar-refractivity contribution in [3.05, 3.63) is 33.3 Å². The van der Waals surface area contributed by atoms with Gasteiger partial charge in [0, 0.05) is 15.5 Å². The summed E-state index contributed by atoms with van der Waals surface area (Å²) in [5, 5.41) is 4.21. The van der Waals surface area contributed by atoms with Crippen LogP contribution < -0.4 is 5.32 Å². The summed E-state index contributed by atoms with van der Waals surface area (Å²) in [4.78, 5) is 0. The average molecular weight is 375 g/mol. The minimum atomic E-state index is 0.414. The first kappa shape index (κ1) is 19.0. The van der Waals surface area contributed by atoms with Crippen molar-refractivity contribution >= 4 is 27.5 Å². The van der Waals surface area contributed by atoms with E-state index in [9.17, 15) is 0 Å². The van der Waals surface area contributed by atoms with Gasteiger partial charge in [0.15, 0.2) is 0 Å². The number of halogens is 2. The molecule has 1 rings (SSSR count). The highest BCUT2D eigenvalue weighted by atomic mass is 79.9. The molecule has 0 aliphatic carbocycles. The van der Waals surface area contributed by atoms with E-state index in [4.69, 9.17) is 11.6 Å². The van der Waals surface area contributed by atoms with Gasteiger partial charge in [-0.15, -0.1) is 0 Å². The van der Waals surface area contributed by atoms with Gasteiger partial charge in [-0.3, -0.25) is 0 Å². The fourth-order valence-electron chi connectivity index (χ4n) is 2.72. The van der Waals surface area contributed by atoms with E-state index in [1.54, 1.807) is 0 Å². The summed E-state index contributed by atoms with van der Waals surface area (Å²) in [7, 11) is 2.04. The van der Waals surface area contributed by atoms with Gasteiger partial charge in [-0.25, -0.2) is 0 Å². The first-order valence-electron chi connectivity index (χ1n) is 8.31. The van der Waals surface area contributed by atoms with Gasteiger partial charge in [0.1, 0.15) is 0 Å². The summed E-state index contributed by atoms with van der Waals surface area (Å²) in [6, 6.07) is 6.49. The van der Waals surface area contributed by atoms with Crippen molar-refractivity contribution in [2.45, 2.75) is 70.8 Å². The number of benzene rings is 1. The molecule has 120 valence electrons. The van der Waals surface area contributed by atoms with Gasteiger partial charge >= 0.3 is 0 Å². The summed E-state index contributed by atoms with van der Waals surface area (Å²) in [6.07, 6.45) is 12.1. The smallest absolute Gasteiger partial charge is 0.0417 e. The number of hydrogen-bond donors (Lipinski definition) is 1. The standard InChI is InChI=1S/C18H29BrClN/c1-3-4-5-6-7-8-9-10-11-18(21-2)16-13-12-15(20)14-17(16)19/h12-14,18,21H,3-11H2,1-2H3. The Morgan fingerprint density at radius 2 is 1.67 bits per heavy atom. The third-order valence-corrected chi connectivity index (χ3v) is 4.95. The molecule has 1 aromatic carbocycles. The van der Waals surface area contributed by atoms with Crippen LogP contribution in [0.3, 0.4) is 0 Å². The first-order valence-corrected chi connectivity index (χ1v) is 9.48. The molecule has 0 heterocycles. The maximum Gasteiger partial charge on any atom is 0.0417 e. The predicted octanol–water partition coefficient (Wildman–Crippen LogP) is 6.89. The molecule has 1 atom stereocenters. The van der Waals surface area contributed by atoms with Crippen LogP contribution >= 0.6 is 27.5 Å². The van der Waals surface area contributed by atoms with Crippen LogP contribution in [0, 0.1) is 0 Å². The highest BCUT2D eigenvalue weighted by Gasteiger charge is 2.12. The number of rotatable bonds is 11. The molecule has 1 aromatic rings. The van der Waals surface area contributed by atoms with Crippen LogP contribution in [0.15, 0.2) is 22.7 Å². The zero-order chi connectivity index (χ0) is 15.5. The summed E-state index contributed by atoms with van der Waals surface area (Å²) in [5.74, 6) is 0. The minimum absolute atomic E-state index is 0.414. The van der Waals surface area contributed by atoms with E-state index in [1.165, 1.54) is 63.4 Å². The number of hydrogen-bond acceptors (Lipinski definition) is 1. The van der Waals surface area contributed by atoms with Gasteiger partial charge < -0.3 is 5.32 Å². The second-order valence-corrected chi connectivity index (χ2v) is 7.06. The quantitative estimate of drug-likeness (QED) is 0.416. The third-order valence-electron chi connectivity index (χ3n) is 4.03. The lowest BCUT2D eigenvalue weighted by molar-refractivity contribution is 0.493. The van der Waals surface area contributed by atoms with Crippen LogP contribution in [0.2, 0.25) is 5.02 Å². The number of nitrogens with one attached hydrogen (secondary N) is 1. The zero-order valence-electron chi connectivity index (χ0n) is 13.4. The summed E-state index contributed by atoms with van der Waals surface area (Å²) >= 11 is 9.63. The predicted molar refractivity (Wildman–Crippen MR) is 98.2 cm³/mol. The molecule has 0 aliphatic rings. The molecule has 3 heteroatoms. The maximum atomic E-state index is 6.01. The molecule has 0 fully saturated rings. The van der Waals surface area contributed by atoms with Crippen molar-refractivity contribution in [1.29, 1.82) is 0 Å². The Morgan fingerprint density at radius 1 is 1.05 bits per heavy atom. The molecule has 1 nitrogen and oxygen atoms in total. The van der Waals surface area contributed by atoms with Crippen molar-refractivity contribution in [1.82, 2.24) is 5.32 Å². The lowest BCUT2D eigenvalue weighted by Crippen LogP contribution is -2.16. The van der Waals surface area contributed by atoms with Crippen molar-refractivity contribution in [2.75, 3.05) is 7.05 Å². The fraction of sp³-hybridized carbons (Fsp3) is 0.667. The number of unbranched alkanes of at least 4 members (excludes halogenated alkanes) is 7. The summed E-state index contributed by atoms with van der Waals surface area (Å²) in [5.41, 5.74) is 1.31. The Kier molecular flexibility index (Phi) is 10.4. The van der Waals surface area contributed by atoms with Crippen LogP contribution in [-0.2, 0) is 0 Å². The molecule has 0 aromatic heterocycles. The van der Waals surface area contributed by atoms with Gasteiger partial charge in [-0.1, -0.05) is 91.9 Å². The van der Waals surface area contributed by atoms with E-state index in [2.05, 4.69) is 34.2 Å². The molecule has 0 bridgehead atoms. The van der Waals surface area contributed by atoms with E-state index >= 15 is 0 Å². The third kappa shape index (κ3) is 7.67. The monoisotopic (exact) mass is 373 g/mol. The van der Waals surface area contributed by atoms with Gasteiger partial charge in [0.25, 0.3) is 0 Å². The van der Waals surface area contributed by atoms with Crippen LogP contribution in [0.4, 0.5) is 0 Å². The lowest BCUT2D eigenvalue weighted by Gasteiger charge is -2.18. The second kappa shape index (κ2) is 11.5. The van der Waals surface area contributed by atoms with Gasteiger partial charge in [-0.05, 0) is 31.2 Å². The van der Waals surface area contributed by atoms with Crippen LogP contribution in [0.1, 0.15) is 76.3 Å². The van der Waals surface area contributed by atoms with E-state index in [-0.39, 0.29) is 0 Å². The van der Waals surface area contributed by atoms with E-state index in [0.717, 1.165) is 9.50 Å². The molecular formula is C18H29BrClN. The molecule has 0 aliphatic heterocycles. The zero-order valence-corrected chi connectivity index (χ0v) is 15.8. The molecule has 0 saturated heterocycles. The topological polar surface area (TPSA) is 12.0 Å². The lowest BCUT2D eigenvalue weighted by atomic mass is 9.99. The van der Waals surface area contributed by atoms with E-state index in [1.807, 2.05) is 19.2 Å². The van der Waals surface area contributed by atoms with Crippen molar-refractivity contribution in [2.24, 2.45) is 0 Å². The Bertz CT molecular complexity index is 395. The molecule has 1 N–H and O–H groups in total. The molecule has 0 amide bonds. The van der Waals surface area contributed by atoms with Crippen molar-refractivity contribution in [3.8, 4) is 0 Å². The Hall–Kier alpha value is -0.0500. The van der Waals surface area contributed by atoms with E-state index in [0.29, 0.717) is 6.04 Å².